The summed E-state index contributed by atoms with van der Waals surface area (Å²) in [4.78, 5) is 14.7. The van der Waals surface area contributed by atoms with Crippen molar-refractivity contribution in [3.63, 3.8) is 0 Å². The number of anilines is 1. The van der Waals surface area contributed by atoms with Crippen LogP contribution in [-0.4, -0.2) is 52.2 Å². The molecule has 0 saturated carbocycles. The van der Waals surface area contributed by atoms with Crippen LogP contribution in [0.3, 0.4) is 0 Å². The van der Waals surface area contributed by atoms with E-state index in [1.54, 1.807) is 6.07 Å². The molecule has 5 rings (SSSR count). The van der Waals surface area contributed by atoms with Gasteiger partial charge in [-0.15, -0.1) is 0 Å². The third kappa shape index (κ3) is 6.94. The summed E-state index contributed by atoms with van der Waals surface area (Å²) in [5.74, 6) is 0.890. The third-order valence-corrected chi connectivity index (χ3v) is 7.00. The lowest BCUT2D eigenvalue weighted by atomic mass is 9.99. The quantitative estimate of drug-likeness (QED) is 0.259. The Morgan fingerprint density at radius 2 is 1.73 bits per heavy atom. The molecule has 1 fully saturated rings. The van der Waals surface area contributed by atoms with E-state index in [2.05, 4.69) is 26.8 Å². The van der Waals surface area contributed by atoms with E-state index in [1.807, 2.05) is 54.6 Å². The van der Waals surface area contributed by atoms with Gasteiger partial charge in [-0.25, -0.2) is 9.97 Å². The summed E-state index contributed by atoms with van der Waals surface area (Å²) in [6.07, 6.45) is -2.87. The first-order valence-corrected chi connectivity index (χ1v) is 13.6. The van der Waals surface area contributed by atoms with Gasteiger partial charge in [0.1, 0.15) is 17.5 Å². The molecule has 0 radical (unpaired) electrons. The van der Waals surface area contributed by atoms with Crippen molar-refractivity contribution in [1.29, 1.82) is 0 Å². The Balaban J connectivity index is 1.39. The second-order valence-corrected chi connectivity index (χ2v) is 10.0. The SMILES string of the molecule is CCN1CCC(Oc2ccc(CCOc3nc(N)nc(-c4ccccc4)c3-c3cc(C)nc(C(F)(F)F)c3)cc2)C1. The van der Waals surface area contributed by atoms with Crippen LogP contribution >= 0.6 is 0 Å². The molecule has 0 bridgehead atoms. The predicted molar refractivity (Wildman–Crippen MR) is 152 cm³/mol. The van der Waals surface area contributed by atoms with E-state index in [0.29, 0.717) is 23.2 Å². The Kier molecular flexibility index (Phi) is 8.39. The van der Waals surface area contributed by atoms with Crippen LogP contribution in [0.4, 0.5) is 19.1 Å². The van der Waals surface area contributed by atoms with Gasteiger partial charge in [0.25, 0.3) is 0 Å². The number of hydrogen-bond acceptors (Lipinski definition) is 7. The van der Waals surface area contributed by atoms with E-state index < -0.39 is 11.9 Å². The first-order valence-electron chi connectivity index (χ1n) is 13.6. The molecule has 4 aromatic rings. The minimum absolute atomic E-state index is 0.0421. The van der Waals surface area contributed by atoms with Crippen LogP contribution < -0.4 is 15.2 Å². The number of nitrogens with zero attached hydrogens (tertiary/aromatic N) is 4. The smallest absolute Gasteiger partial charge is 0.433 e. The molecule has 1 unspecified atom stereocenters. The van der Waals surface area contributed by atoms with Crippen LogP contribution in [0.2, 0.25) is 0 Å². The van der Waals surface area contributed by atoms with Crippen molar-refractivity contribution in [2.45, 2.75) is 39.0 Å². The van der Waals surface area contributed by atoms with Gasteiger partial charge < -0.3 is 15.2 Å². The zero-order valence-corrected chi connectivity index (χ0v) is 23.0. The Morgan fingerprint density at radius 3 is 2.41 bits per heavy atom. The number of rotatable bonds is 9. The molecule has 3 heterocycles. The van der Waals surface area contributed by atoms with Gasteiger partial charge >= 0.3 is 6.18 Å². The van der Waals surface area contributed by atoms with E-state index in [1.165, 1.54) is 6.92 Å². The summed E-state index contributed by atoms with van der Waals surface area (Å²) < 4.78 is 53.2. The molecule has 1 saturated heterocycles. The van der Waals surface area contributed by atoms with Crippen molar-refractivity contribution in [3.8, 4) is 34.0 Å². The van der Waals surface area contributed by atoms with Crippen LogP contribution in [0.5, 0.6) is 11.6 Å². The number of ether oxygens (including phenoxy) is 2. The second-order valence-electron chi connectivity index (χ2n) is 10.0. The maximum atomic E-state index is 13.7. The number of nitrogens with two attached hydrogens (primary N) is 1. The average Bonchev–Trinajstić information content (AvgIpc) is 3.41. The highest BCUT2D eigenvalue weighted by molar-refractivity contribution is 5.85. The van der Waals surface area contributed by atoms with Crippen molar-refractivity contribution in [1.82, 2.24) is 19.9 Å². The maximum absolute atomic E-state index is 13.7. The molecule has 2 N–H and O–H groups in total. The van der Waals surface area contributed by atoms with Gasteiger partial charge in [-0.3, -0.25) is 4.90 Å². The lowest BCUT2D eigenvalue weighted by Gasteiger charge is -2.17. The summed E-state index contributed by atoms with van der Waals surface area (Å²) >= 11 is 0. The van der Waals surface area contributed by atoms with Gasteiger partial charge in [0.2, 0.25) is 11.8 Å². The summed E-state index contributed by atoms with van der Waals surface area (Å²) in [5, 5.41) is 0. The molecule has 2 aromatic heterocycles. The fourth-order valence-electron chi connectivity index (χ4n) is 4.96. The molecule has 0 aliphatic carbocycles. The number of likely N-dealkylation sites (N-methyl/N-ethyl adjacent to an activating group) is 1. The largest absolute Gasteiger partial charge is 0.489 e. The van der Waals surface area contributed by atoms with Crippen LogP contribution in [0, 0.1) is 6.92 Å². The Morgan fingerprint density at radius 1 is 0.976 bits per heavy atom. The number of pyridine rings is 1. The number of hydrogen-bond donors (Lipinski definition) is 1. The fraction of sp³-hybridized carbons (Fsp3) is 0.323. The maximum Gasteiger partial charge on any atom is 0.433 e. The highest BCUT2D eigenvalue weighted by atomic mass is 19.4. The lowest BCUT2D eigenvalue weighted by Crippen LogP contribution is -2.24. The monoisotopic (exact) mass is 563 g/mol. The Labute approximate surface area is 237 Å². The van der Waals surface area contributed by atoms with Crippen molar-refractivity contribution in [3.05, 3.63) is 83.7 Å². The first-order chi connectivity index (χ1) is 19.7. The number of aryl methyl sites for hydroxylation is 1. The number of benzene rings is 2. The molecule has 10 heteroatoms. The first kappa shape index (κ1) is 28.4. The van der Waals surface area contributed by atoms with Crippen molar-refractivity contribution >= 4 is 5.95 Å². The zero-order valence-electron chi connectivity index (χ0n) is 23.0. The molecule has 0 amide bonds. The number of alkyl halides is 3. The number of nitrogen functional groups attached to an aromatic ring is 1. The highest BCUT2D eigenvalue weighted by Crippen LogP contribution is 2.40. The molecule has 214 valence electrons. The lowest BCUT2D eigenvalue weighted by molar-refractivity contribution is -0.141. The molecule has 2 aromatic carbocycles. The summed E-state index contributed by atoms with van der Waals surface area (Å²) in [6.45, 7) is 6.90. The molecular weight excluding hydrogens is 531 g/mol. The highest BCUT2D eigenvalue weighted by Gasteiger charge is 2.34. The van der Waals surface area contributed by atoms with E-state index in [-0.39, 0.29) is 35.8 Å². The number of aromatic nitrogens is 3. The molecule has 1 aliphatic rings. The molecular formula is C31H32F3N5O2. The Hall–Kier alpha value is -4.18. The molecule has 0 spiro atoms. The van der Waals surface area contributed by atoms with Crippen LogP contribution in [-0.2, 0) is 12.6 Å². The van der Waals surface area contributed by atoms with Gasteiger partial charge in [0.05, 0.1) is 17.9 Å². The predicted octanol–water partition coefficient (Wildman–Crippen LogP) is 6.21. The minimum atomic E-state index is -4.62. The normalized spacial score (nSPS) is 15.7. The van der Waals surface area contributed by atoms with Gasteiger partial charge in [-0.1, -0.05) is 49.4 Å². The average molecular weight is 564 g/mol. The van der Waals surface area contributed by atoms with Gasteiger partial charge in [-0.05, 0) is 55.3 Å². The molecule has 7 nitrogen and oxygen atoms in total. The van der Waals surface area contributed by atoms with Crippen LogP contribution in [0.1, 0.15) is 30.3 Å². The number of halogens is 3. The summed E-state index contributed by atoms with van der Waals surface area (Å²) in [5.41, 5.74) is 7.88. The summed E-state index contributed by atoms with van der Waals surface area (Å²) in [7, 11) is 0. The van der Waals surface area contributed by atoms with Crippen molar-refractivity contribution in [2.24, 2.45) is 0 Å². The minimum Gasteiger partial charge on any atom is -0.489 e. The summed E-state index contributed by atoms with van der Waals surface area (Å²) in [6, 6.07) is 19.5. The van der Waals surface area contributed by atoms with Gasteiger partial charge in [-0.2, -0.15) is 18.2 Å². The van der Waals surface area contributed by atoms with E-state index in [0.717, 1.165) is 43.4 Å². The third-order valence-electron chi connectivity index (χ3n) is 7.00. The fourth-order valence-corrected chi connectivity index (χ4v) is 4.96. The van der Waals surface area contributed by atoms with Gasteiger partial charge in [0.15, 0.2) is 0 Å². The van der Waals surface area contributed by atoms with E-state index in [4.69, 9.17) is 15.2 Å². The standard InChI is InChI=1S/C31H32F3N5O2/c1-3-39-15-13-25(19-39)41-24-11-9-21(10-12-24)14-16-40-29-27(23-17-20(2)36-26(18-23)31(32,33)34)28(37-30(35)38-29)22-7-5-4-6-8-22/h4-12,17-18,25H,3,13-16,19H2,1-2H3,(H2,35,37,38). The van der Waals surface area contributed by atoms with E-state index in [9.17, 15) is 13.2 Å². The van der Waals surface area contributed by atoms with Crippen LogP contribution in [0.15, 0.2) is 66.7 Å². The molecule has 41 heavy (non-hydrogen) atoms. The molecule has 1 atom stereocenters. The van der Waals surface area contributed by atoms with Crippen molar-refractivity contribution in [2.75, 3.05) is 32.0 Å². The number of likely N-dealkylation sites (tertiary alicyclic amines) is 1. The zero-order chi connectivity index (χ0) is 29.0. The second kappa shape index (κ2) is 12.1. The Bertz CT molecular complexity index is 1480. The van der Waals surface area contributed by atoms with Gasteiger partial charge in [0, 0.05) is 30.8 Å². The molecule has 1 aliphatic heterocycles. The van der Waals surface area contributed by atoms with E-state index >= 15 is 0 Å². The van der Waals surface area contributed by atoms with Crippen LogP contribution in [0.25, 0.3) is 22.4 Å². The topological polar surface area (TPSA) is 86.4 Å². The van der Waals surface area contributed by atoms with Crippen molar-refractivity contribution < 1.29 is 22.6 Å².